The van der Waals surface area contributed by atoms with E-state index in [2.05, 4.69) is 12.2 Å². The molecule has 0 aromatic carbocycles. The minimum absolute atomic E-state index is 0.433. The molecule has 1 rings (SSSR count). The van der Waals surface area contributed by atoms with Gasteiger partial charge in [0, 0.05) is 20.3 Å². The quantitative estimate of drug-likeness (QED) is 0.593. The number of hydrogen-bond acceptors (Lipinski definition) is 4. The predicted octanol–water partition coefficient (Wildman–Crippen LogP) is 1.59. The average molecular weight is 245 g/mol. The summed E-state index contributed by atoms with van der Waals surface area (Å²) >= 11 is 0. The van der Waals surface area contributed by atoms with Gasteiger partial charge in [-0.3, -0.25) is 0 Å². The van der Waals surface area contributed by atoms with E-state index in [1.54, 1.807) is 7.11 Å². The van der Waals surface area contributed by atoms with Crippen LogP contribution in [0.25, 0.3) is 0 Å². The number of methoxy groups -OCH3 is 1. The summed E-state index contributed by atoms with van der Waals surface area (Å²) in [4.78, 5) is 0. The molecule has 1 aliphatic rings. The van der Waals surface area contributed by atoms with E-state index in [1.165, 1.54) is 12.8 Å². The second-order valence-corrected chi connectivity index (χ2v) is 4.66. The van der Waals surface area contributed by atoms with E-state index in [0.29, 0.717) is 25.4 Å². The van der Waals surface area contributed by atoms with Crippen LogP contribution in [0.2, 0.25) is 0 Å². The van der Waals surface area contributed by atoms with Crippen LogP contribution in [0.1, 0.15) is 32.6 Å². The molecule has 2 unspecified atom stereocenters. The second kappa shape index (κ2) is 9.83. The fourth-order valence-corrected chi connectivity index (χ4v) is 2.00. The molecule has 2 atom stereocenters. The maximum atomic E-state index is 5.73. The Morgan fingerprint density at radius 1 is 1.18 bits per heavy atom. The smallest absolute Gasteiger partial charge is 0.0704 e. The molecule has 102 valence electrons. The maximum absolute atomic E-state index is 5.73. The molecule has 4 heteroatoms. The van der Waals surface area contributed by atoms with Crippen molar-refractivity contribution in [1.29, 1.82) is 0 Å². The highest BCUT2D eigenvalue weighted by Crippen LogP contribution is 2.17. The van der Waals surface area contributed by atoms with Crippen LogP contribution in [0.4, 0.5) is 0 Å². The van der Waals surface area contributed by atoms with E-state index in [-0.39, 0.29) is 0 Å². The van der Waals surface area contributed by atoms with Crippen LogP contribution >= 0.6 is 0 Å². The zero-order valence-corrected chi connectivity index (χ0v) is 11.2. The summed E-state index contributed by atoms with van der Waals surface area (Å²) in [6.07, 6.45) is 5.57. The van der Waals surface area contributed by atoms with Gasteiger partial charge in [-0.05, 0) is 39.2 Å². The van der Waals surface area contributed by atoms with E-state index in [1.807, 2.05) is 0 Å². The van der Waals surface area contributed by atoms with Crippen molar-refractivity contribution in [3.63, 3.8) is 0 Å². The van der Waals surface area contributed by atoms with Crippen LogP contribution in [0.5, 0.6) is 0 Å². The van der Waals surface area contributed by atoms with E-state index < -0.39 is 0 Å². The predicted molar refractivity (Wildman–Crippen MR) is 68.4 cm³/mol. The lowest BCUT2D eigenvalue weighted by molar-refractivity contribution is 0.0554. The van der Waals surface area contributed by atoms with Crippen LogP contribution in [-0.4, -0.2) is 52.2 Å². The van der Waals surface area contributed by atoms with Crippen molar-refractivity contribution in [3.8, 4) is 0 Å². The molecule has 1 N–H and O–H groups in total. The van der Waals surface area contributed by atoms with Crippen LogP contribution in [0, 0.1) is 0 Å². The number of unbranched alkanes of at least 4 members (excludes halogenated alkanes) is 1. The third-order valence-electron chi connectivity index (χ3n) is 3.02. The summed E-state index contributed by atoms with van der Waals surface area (Å²) in [6, 6.07) is 0. The molecule has 17 heavy (non-hydrogen) atoms. The van der Waals surface area contributed by atoms with Gasteiger partial charge in [0.25, 0.3) is 0 Å². The first-order valence-electron chi connectivity index (χ1n) is 6.75. The van der Waals surface area contributed by atoms with Crippen molar-refractivity contribution in [2.45, 2.75) is 44.8 Å². The Balaban J connectivity index is 1.75. The Bertz CT molecular complexity index is 178. The first-order chi connectivity index (χ1) is 8.33. The summed E-state index contributed by atoms with van der Waals surface area (Å²) in [5.41, 5.74) is 0. The lowest BCUT2D eigenvalue weighted by Gasteiger charge is -2.12. The molecule has 0 aliphatic carbocycles. The Hall–Kier alpha value is -0.160. The number of rotatable bonds is 10. The molecular formula is C13H27NO3. The van der Waals surface area contributed by atoms with Crippen LogP contribution < -0.4 is 5.32 Å². The Kier molecular flexibility index (Phi) is 8.61. The van der Waals surface area contributed by atoms with Gasteiger partial charge < -0.3 is 19.5 Å². The minimum Gasteiger partial charge on any atom is -0.382 e. The van der Waals surface area contributed by atoms with Gasteiger partial charge in [-0.1, -0.05) is 0 Å². The summed E-state index contributed by atoms with van der Waals surface area (Å²) in [6.45, 7) is 6.43. The normalized spacial score (nSPS) is 24.4. The van der Waals surface area contributed by atoms with Gasteiger partial charge in [0.05, 0.1) is 25.4 Å². The molecule has 0 saturated carbocycles. The van der Waals surface area contributed by atoms with Crippen molar-refractivity contribution in [2.24, 2.45) is 0 Å². The zero-order valence-electron chi connectivity index (χ0n) is 11.2. The van der Waals surface area contributed by atoms with Crippen molar-refractivity contribution in [1.82, 2.24) is 5.32 Å². The zero-order chi connectivity index (χ0) is 12.3. The highest BCUT2D eigenvalue weighted by molar-refractivity contribution is 4.72. The standard InChI is InChI=1S/C13H27NO3/c1-12-5-6-13(17-12)11-14-7-3-4-8-16-10-9-15-2/h12-14H,3-11H2,1-2H3. The topological polar surface area (TPSA) is 39.7 Å². The minimum atomic E-state index is 0.433. The molecule has 0 amide bonds. The molecular weight excluding hydrogens is 218 g/mol. The van der Waals surface area contributed by atoms with Gasteiger partial charge in [-0.15, -0.1) is 0 Å². The van der Waals surface area contributed by atoms with Gasteiger partial charge in [0.15, 0.2) is 0 Å². The maximum Gasteiger partial charge on any atom is 0.0704 e. The molecule has 1 saturated heterocycles. The molecule has 1 fully saturated rings. The highest BCUT2D eigenvalue weighted by Gasteiger charge is 2.20. The monoisotopic (exact) mass is 245 g/mol. The van der Waals surface area contributed by atoms with Gasteiger partial charge in [0.1, 0.15) is 0 Å². The van der Waals surface area contributed by atoms with Crippen molar-refractivity contribution in [2.75, 3.05) is 40.0 Å². The molecule has 0 bridgehead atoms. The number of ether oxygens (including phenoxy) is 3. The molecule has 1 aliphatic heterocycles. The molecule has 1 heterocycles. The molecule has 0 aromatic heterocycles. The Morgan fingerprint density at radius 2 is 2.06 bits per heavy atom. The summed E-state index contributed by atoms with van der Waals surface area (Å²) in [5.74, 6) is 0. The van der Waals surface area contributed by atoms with Crippen molar-refractivity contribution < 1.29 is 14.2 Å². The van der Waals surface area contributed by atoms with E-state index in [4.69, 9.17) is 14.2 Å². The summed E-state index contributed by atoms with van der Waals surface area (Å²) < 4.78 is 16.0. The van der Waals surface area contributed by atoms with Gasteiger partial charge >= 0.3 is 0 Å². The van der Waals surface area contributed by atoms with E-state index >= 15 is 0 Å². The lowest BCUT2D eigenvalue weighted by atomic mass is 10.2. The number of hydrogen-bond donors (Lipinski definition) is 1. The third kappa shape index (κ3) is 7.71. The Morgan fingerprint density at radius 3 is 2.76 bits per heavy atom. The van der Waals surface area contributed by atoms with Crippen LogP contribution in [-0.2, 0) is 14.2 Å². The summed E-state index contributed by atoms with van der Waals surface area (Å²) in [7, 11) is 1.69. The molecule has 0 aromatic rings. The first kappa shape index (κ1) is 14.9. The second-order valence-electron chi connectivity index (χ2n) is 4.66. The van der Waals surface area contributed by atoms with E-state index in [9.17, 15) is 0 Å². The molecule has 0 radical (unpaired) electrons. The fraction of sp³-hybridized carbons (Fsp3) is 1.00. The van der Waals surface area contributed by atoms with Crippen molar-refractivity contribution >= 4 is 0 Å². The molecule has 0 spiro atoms. The molecule has 4 nitrogen and oxygen atoms in total. The van der Waals surface area contributed by atoms with E-state index in [0.717, 1.165) is 32.5 Å². The highest BCUT2D eigenvalue weighted by atomic mass is 16.5. The van der Waals surface area contributed by atoms with Gasteiger partial charge in [-0.25, -0.2) is 0 Å². The van der Waals surface area contributed by atoms with Crippen LogP contribution in [0.15, 0.2) is 0 Å². The SMILES string of the molecule is COCCOCCCCNCC1CCC(C)O1. The number of nitrogens with one attached hydrogen (secondary N) is 1. The average Bonchev–Trinajstić information content (AvgIpc) is 2.73. The lowest BCUT2D eigenvalue weighted by Crippen LogP contribution is -2.27. The van der Waals surface area contributed by atoms with Gasteiger partial charge in [-0.2, -0.15) is 0 Å². The first-order valence-corrected chi connectivity index (χ1v) is 6.75. The van der Waals surface area contributed by atoms with Gasteiger partial charge in [0.2, 0.25) is 0 Å². The largest absolute Gasteiger partial charge is 0.382 e. The van der Waals surface area contributed by atoms with Crippen molar-refractivity contribution in [3.05, 3.63) is 0 Å². The third-order valence-corrected chi connectivity index (χ3v) is 3.02. The van der Waals surface area contributed by atoms with Crippen LogP contribution in [0.3, 0.4) is 0 Å². The fourth-order valence-electron chi connectivity index (χ4n) is 2.00. The Labute approximate surface area is 105 Å². The summed E-state index contributed by atoms with van der Waals surface area (Å²) in [5, 5.41) is 3.44.